The quantitative estimate of drug-likeness (QED) is 0.745. The Morgan fingerprint density at radius 2 is 2.32 bits per heavy atom. The van der Waals surface area contributed by atoms with Gasteiger partial charge in [-0.1, -0.05) is 18.7 Å². The Hall–Kier alpha value is -2.24. The fourth-order valence-electron chi connectivity index (χ4n) is 1.53. The molecule has 5 nitrogen and oxygen atoms in total. The Bertz CT molecular complexity index is 462. The van der Waals surface area contributed by atoms with Crippen LogP contribution in [0.3, 0.4) is 0 Å². The third-order valence-corrected chi connectivity index (χ3v) is 2.38. The van der Waals surface area contributed by atoms with Crippen molar-refractivity contribution < 1.29 is 23.8 Å². The lowest BCUT2D eigenvalue weighted by Crippen LogP contribution is -2.23. The number of rotatable bonds is 7. The predicted octanol–water partition coefficient (Wildman–Crippen LogP) is 2.21. The molecule has 1 aromatic carbocycles. The molecular weight excluding hydrogens is 253 g/mol. The van der Waals surface area contributed by atoms with Gasteiger partial charge in [-0.25, -0.2) is 4.79 Å². The third-order valence-electron chi connectivity index (χ3n) is 2.38. The summed E-state index contributed by atoms with van der Waals surface area (Å²) in [5, 5.41) is 10.7. The third kappa shape index (κ3) is 4.17. The summed E-state index contributed by atoms with van der Waals surface area (Å²) in [6.45, 7) is 3.82. The molecule has 0 aromatic heterocycles. The molecule has 0 saturated heterocycles. The number of hydrogen-bond acceptors (Lipinski definition) is 3. The van der Waals surface area contributed by atoms with Crippen LogP contribution >= 0.6 is 0 Å². The number of carboxylic acid groups (broad SMARTS) is 1. The molecule has 0 heterocycles. The van der Waals surface area contributed by atoms with Gasteiger partial charge in [0.1, 0.15) is 6.61 Å². The maximum atomic E-state index is 14.0. The van der Waals surface area contributed by atoms with Crippen LogP contribution < -0.4 is 14.8 Å². The maximum absolute atomic E-state index is 14.0. The number of amides is 1. The molecule has 0 spiro atoms. The average molecular weight is 269 g/mol. The van der Waals surface area contributed by atoms with Gasteiger partial charge in [0.05, 0.1) is 7.11 Å². The molecule has 2 N–H and O–H groups in total. The minimum atomic E-state index is -1.12. The molecule has 104 valence electrons. The Balaban J connectivity index is 2.91. The van der Waals surface area contributed by atoms with Gasteiger partial charge < -0.3 is 19.9 Å². The molecular formula is C13H16FNO4. The Labute approximate surface area is 110 Å². The van der Waals surface area contributed by atoms with E-state index in [0.29, 0.717) is 12.0 Å². The van der Waals surface area contributed by atoms with Crippen molar-refractivity contribution in [3.63, 3.8) is 0 Å². The van der Waals surface area contributed by atoms with Gasteiger partial charge in [-0.3, -0.25) is 0 Å². The molecule has 0 aliphatic heterocycles. The summed E-state index contributed by atoms with van der Waals surface area (Å²) in [5.74, 6) is -0.461. The van der Waals surface area contributed by atoms with Crippen molar-refractivity contribution in [1.82, 2.24) is 5.32 Å². The molecule has 0 unspecified atom stereocenters. The summed E-state index contributed by atoms with van der Waals surface area (Å²) in [6.07, 6.45) is 0.695. The Morgan fingerprint density at radius 1 is 1.58 bits per heavy atom. The first kappa shape index (κ1) is 14.8. The van der Waals surface area contributed by atoms with Gasteiger partial charge in [-0.2, -0.15) is 4.39 Å². The Kier molecular flexibility index (Phi) is 5.66. The van der Waals surface area contributed by atoms with E-state index in [-0.39, 0.29) is 24.7 Å². The average Bonchev–Trinajstić information content (AvgIpc) is 2.38. The minimum Gasteiger partial charge on any atom is -0.494 e. The van der Waals surface area contributed by atoms with Gasteiger partial charge in [0, 0.05) is 6.54 Å². The summed E-state index contributed by atoms with van der Waals surface area (Å²) in [7, 11) is 1.36. The second-order valence-electron chi connectivity index (χ2n) is 3.65. The van der Waals surface area contributed by atoms with Gasteiger partial charge in [0.15, 0.2) is 11.5 Å². The van der Waals surface area contributed by atoms with Gasteiger partial charge in [0.25, 0.3) is 0 Å². The van der Waals surface area contributed by atoms with E-state index in [2.05, 4.69) is 11.9 Å². The van der Waals surface area contributed by atoms with E-state index in [0.717, 1.165) is 0 Å². The highest BCUT2D eigenvalue weighted by atomic mass is 19.1. The van der Waals surface area contributed by atoms with Gasteiger partial charge in [-0.05, 0) is 18.1 Å². The van der Waals surface area contributed by atoms with Crippen LogP contribution in [0.25, 0.3) is 0 Å². The molecule has 1 rings (SSSR count). The first-order valence-electron chi connectivity index (χ1n) is 5.66. The van der Waals surface area contributed by atoms with Gasteiger partial charge >= 0.3 is 6.09 Å². The topological polar surface area (TPSA) is 67.8 Å². The zero-order valence-corrected chi connectivity index (χ0v) is 10.6. The zero-order chi connectivity index (χ0) is 14.3. The summed E-state index contributed by atoms with van der Waals surface area (Å²) in [5.41, 5.74) is 0.564. The number of halogens is 1. The van der Waals surface area contributed by atoms with E-state index in [9.17, 15) is 9.18 Å². The number of methoxy groups -OCH3 is 1. The second kappa shape index (κ2) is 7.25. The van der Waals surface area contributed by atoms with Crippen LogP contribution in [-0.4, -0.2) is 31.5 Å². The SMILES string of the molecule is C=CCOc1c(CCNC(=O)O)ccc(OC)c1F. The molecule has 0 bridgehead atoms. The van der Waals surface area contributed by atoms with E-state index < -0.39 is 11.9 Å². The van der Waals surface area contributed by atoms with Crippen molar-refractivity contribution in [2.75, 3.05) is 20.3 Å². The smallest absolute Gasteiger partial charge is 0.404 e. The lowest BCUT2D eigenvalue weighted by Gasteiger charge is -2.13. The van der Waals surface area contributed by atoms with Crippen LogP contribution in [0.2, 0.25) is 0 Å². The molecule has 1 aromatic rings. The van der Waals surface area contributed by atoms with Crippen LogP contribution in [0.1, 0.15) is 5.56 Å². The molecule has 0 saturated carbocycles. The normalized spacial score (nSPS) is 9.79. The molecule has 0 aliphatic rings. The van der Waals surface area contributed by atoms with Crippen molar-refractivity contribution in [1.29, 1.82) is 0 Å². The van der Waals surface area contributed by atoms with E-state index in [1.807, 2.05) is 0 Å². The van der Waals surface area contributed by atoms with Crippen molar-refractivity contribution in [2.45, 2.75) is 6.42 Å². The fraction of sp³-hybridized carbons (Fsp3) is 0.308. The highest BCUT2D eigenvalue weighted by molar-refractivity contribution is 5.64. The van der Waals surface area contributed by atoms with Crippen LogP contribution in [0.15, 0.2) is 24.8 Å². The largest absolute Gasteiger partial charge is 0.494 e. The fourth-order valence-corrected chi connectivity index (χ4v) is 1.53. The monoisotopic (exact) mass is 269 g/mol. The van der Waals surface area contributed by atoms with Crippen LogP contribution in [-0.2, 0) is 6.42 Å². The highest BCUT2D eigenvalue weighted by Gasteiger charge is 2.15. The van der Waals surface area contributed by atoms with E-state index in [1.54, 1.807) is 6.07 Å². The lowest BCUT2D eigenvalue weighted by atomic mass is 10.1. The minimum absolute atomic E-state index is 0.0615. The second-order valence-corrected chi connectivity index (χ2v) is 3.65. The van der Waals surface area contributed by atoms with Crippen LogP contribution in [0.4, 0.5) is 9.18 Å². The maximum Gasteiger partial charge on any atom is 0.404 e. The number of carbonyl (C=O) groups is 1. The Morgan fingerprint density at radius 3 is 2.89 bits per heavy atom. The lowest BCUT2D eigenvalue weighted by molar-refractivity contribution is 0.194. The molecule has 19 heavy (non-hydrogen) atoms. The number of ether oxygens (including phenoxy) is 2. The highest BCUT2D eigenvalue weighted by Crippen LogP contribution is 2.30. The van der Waals surface area contributed by atoms with Crippen molar-refractivity contribution in [3.8, 4) is 11.5 Å². The molecule has 6 heteroatoms. The summed E-state index contributed by atoms with van der Waals surface area (Å²) in [4.78, 5) is 10.4. The predicted molar refractivity (Wildman–Crippen MR) is 68.4 cm³/mol. The number of nitrogens with one attached hydrogen (secondary N) is 1. The van der Waals surface area contributed by atoms with E-state index >= 15 is 0 Å². The van der Waals surface area contributed by atoms with Crippen LogP contribution in [0, 0.1) is 5.82 Å². The first-order chi connectivity index (χ1) is 9.10. The van der Waals surface area contributed by atoms with E-state index in [1.165, 1.54) is 19.3 Å². The number of benzene rings is 1. The molecule has 0 atom stereocenters. The standard InChI is InChI=1S/C13H16FNO4/c1-3-8-19-12-9(6-7-15-13(16)17)4-5-10(18-2)11(12)14/h3-5,15H,1,6-8H2,2H3,(H,16,17). The first-order valence-corrected chi connectivity index (χ1v) is 5.66. The van der Waals surface area contributed by atoms with Crippen LogP contribution in [0.5, 0.6) is 11.5 Å². The molecule has 0 radical (unpaired) electrons. The molecule has 0 aliphatic carbocycles. The zero-order valence-electron chi connectivity index (χ0n) is 10.6. The van der Waals surface area contributed by atoms with Crippen molar-refractivity contribution in [2.24, 2.45) is 0 Å². The summed E-state index contributed by atoms with van der Waals surface area (Å²) >= 11 is 0. The summed E-state index contributed by atoms with van der Waals surface area (Å²) < 4.78 is 24.2. The van der Waals surface area contributed by atoms with Crippen molar-refractivity contribution in [3.05, 3.63) is 36.2 Å². The van der Waals surface area contributed by atoms with Gasteiger partial charge in [-0.15, -0.1) is 0 Å². The molecule has 0 fully saturated rings. The van der Waals surface area contributed by atoms with Gasteiger partial charge in [0.2, 0.25) is 5.82 Å². The van der Waals surface area contributed by atoms with E-state index in [4.69, 9.17) is 14.6 Å². The summed E-state index contributed by atoms with van der Waals surface area (Å²) in [6, 6.07) is 3.12. The molecule has 1 amide bonds. The number of hydrogen-bond donors (Lipinski definition) is 2. The van der Waals surface area contributed by atoms with Crippen molar-refractivity contribution >= 4 is 6.09 Å².